The molecule has 6 heteroatoms. The molecule has 2 rings (SSSR count). The van der Waals surface area contributed by atoms with Crippen molar-refractivity contribution in [2.75, 3.05) is 5.32 Å². The fourth-order valence-corrected chi connectivity index (χ4v) is 2.16. The Morgan fingerprint density at radius 2 is 1.83 bits per heavy atom. The molecule has 0 heterocycles. The van der Waals surface area contributed by atoms with Crippen molar-refractivity contribution in [3.63, 3.8) is 0 Å². The van der Waals surface area contributed by atoms with Gasteiger partial charge in [0.15, 0.2) is 0 Å². The number of aromatic hydroxyl groups is 2. The van der Waals surface area contributed by atoms with Gasteiger partial charge in [-0.15, -0.1) is 0 Å². The van der Waals surface area contributed by atoms with E-state index >= 15 is 0 Å². The molecular formula is C17H17NO5. The molecule has 0 atom stereocenters. The summed E-state index contributed by atoms with van der Waals surface area (Å²) in [6.45, 7) is 1.77. The number of carbonyl (C=O) groups excluding carboxylic acids is 1. The van der Waals surface area contributed by atoms with E-state index in [9.17, 15) is 19.8 Å². The summed E-state index contributed by atoms with van der Waals surface area (Å²) in [6, 6.07) is 8.85. The van der Waals surface area contributed by atoms with E-state index in [1.807, 2.05) is 0 Å². The van der Waals surface area contributed by atoms with Crippen LogP contribution in [0, 0.1) is 6.92 Å². The minimum atomic E-state index is -1.23. The van der Waals surface area contributed by atoms with Crippen LogP contribution in [-0.4, -0.2) is 27.2 Å². The lowest BCUT2D eigenvalue weighted by molar-refractivity contribution is -0.116. The van der Waals surface area contributed by atoms with Crippen LogP contribution in [0.25, 0.3) is 0 Å². The van der Waals surface area contributed by atoms with E-state index in [4.69, 9.17) is 5.11 Å². The van der Waals surface area contributed by atoms with E-state index in [1.54, 1.807) is 25.1 Å². The number of benzene rings is 2. The monoisotopic (exact) mass is 315 g/mol. The molecule has 6 nitrogen and oxygen atoms in total. The number of carbonyl (C=O) groups is 2. The first-order chi connectivity index (χ1) is 10.9. The molecule has 0 spiro atoms. The van der Waals surface area contributed by atoms with Gasteiger partial charge in [0.1, 0.15) is 11.5 Å². The maximum atomic E-state index is 12.0. The first-order valence-electron chi connectivity index (χ1n) is 7.01. The van der Waals surface area contributed by atoms with Crippen LogP contribution in [0.3, 0.4) is 0 Å². The number of carboxylic acids is 1. The second-order valence-electron chi connectivity index (χ2n) is 5.20. The summed E-state index contributed by atoms with van der Waals surface area (Å²) in [6.07, 6.45) is 0.637. The number of hydrogen-bond donors (Lipinski definition) is 4. The smallest absolute Gasteiger partial charge is 0.337 e. The molecule has 0 fully saturated rings. The van der Waals surface area contributed by atoms with Gasteiger partial charge >= 0.3 is 5.97 Å². The highest BCUT2D eigenvalue weighted by atomic mass is 16.4. The molecule has 1 amide bonds. The van der Waals surface area contributed by atoms with Crippen molar-refractivity contribution in [1.29, 1.82) is 0 Å². The van der Waals surface area contributed by atoms with Crippen LogP contribution in [0.15, 0.2) is 36.4 Å². The number of aromatic carboxylic acids is 1. The molecule has 0 aromatic heterocycles. The number of rotatable bonds is 5. The van der Waals surface area contributed by atoms with Gasteiger partial charge in [0.05, 0.1) is 11.3 Å². The van der Waals surface area contributed by atoms with Crippen molar-refractivity contribution in [1.82, 2.24) is 0 Å². The Morgan fingerprint density at radius 1 is 1.09 bits per heavy atom. The highest BCUT2D eigenvalue weighted by Gasteiger charge is 2.13. The van der Waals surface area contributed by atoms with E-state index in [0.29, 0.717) is 6.42 Å². The van der Waals surface area contributed by atoms with Gasteiger partial charge in [0, 0.05) is 6.42 Å². The molecule has 0 unspecified atom stereocenters. The molecule has 0 aliphatic rings. The van der Waals surface area contributed by atoms with Crippen LogP contribution < -0.4 is 5.32 Å². The van der Waals surface area contributed by atoms with E-state index in [0.717, 1.165) is 17.2 Å². The van der Waals surface area contributed by atoms with Crippen molar-refractivity contribution in [2.45, 2.75) is 19.8 Å². The van der Waals surface area contributed by atoms with Gasteiger partial charge in [0.2, 0.25) is 5.91 Å². The van der Waals surface area contributed by atoms with E-state index < -0.39 is 5.97 Å². The average Bonchev–Trinajstić information content (AvgIpc) is 2.50. The summed E-state index contributed by atoms with van der Waals surface area (Å²) < 4.78 is 0. The third kappa shape index (κ3) is 4.23. The van der Waals surface area contributed by atoms with Gasteiger partial charge in [-0.2, -0.15) is 0 Å². The zero-order valence-corrected chi connectivity index (χ0v) is 12.5. The molecule has 0 bridgehead atoms. The minimum absolute atomic E-state index is 0.141. The predicted octanol–water partition coefficient (Wildman–Crippen LogP) is 2.68. The zero-order chi connectivity index (χ0) is 17.0. The van der Waals surface area contributed by atoms with Crippen molar-refractivity contribution < 1.29 is 24.9 Å². The molecule has 23 heavy (non-hydrogen) atoms. The van der Waals surface area contributed by atoms with Crippen molar-refractivity contribution in [3.8, 4) is 11.5 Å². The molecule has 0 saturated carbocycles. The van der Waals surface area contributed by atoms with Gasteiger partial charge in [-0.3, -0.25) is 4.79 Å². The maximum absolute atomic E-state index is 12.0. The number of carboxylic acid groups (broad SMARTS) is 1. The number of anilines is 1. The summed E-state index contributed by atoms with van der Waals surface area (Å²) >= 11 is 0. The molecule has 0 saturated heterocycles. The van der Waals surface area contributed by atoms with Crippen LogP contribution in [0.4, 0.5) is 5.69 Å². The Hall–Kier alpha value is -3.02. The van der Waals surface area contributed by atoms with Gasteiger partial charge < -0.3 is 20.6 Å². The molecule has 2 aromatic carbocycles. The Morgan fingerprint density at radius 3 is 2.48 bits per heavy atom. The van der Waals surface area contributed by atoms with Crippen LogP contribution in [0.2, 0.25) is 0 Å². The number of aryl methyl sites for hydroxylation is 2. The Balaban J connectivity index is 2.02. The van der Waals surface area contributed by atoms with Gasteiger partial charge in [-0.25, -0.2) is 4.79 Å². The summed E-state index contributed by atoms with van der Waals surface area (Å²) in [5.41, 5.74) is 1.61. The molecule has 2 aromatic rings. The highest BCUT2D eigenvalue weighted by Crippen LogP contribution is 2.22. The van der Waals surface area contributed by atoms with Crippen LogP contribution in [-0.2, 0) is 11.2 Å². The van der Waals surface area contributed by atoms with Crippen LogP contribution in [0.5, 0.6) is 11.5 Å². The van der Waals surface area contributed by atoms with Gasteiger partial charge in [-0.05, 0) is 48.7 Å². The topological polar surface area (TPSA) is 107 Å². The lowest BCUT2D eigenvalue weighted by Gasteiger charge is -2.09. The Bertz CT molecular complexity index is 755. The summed E-state index contributed by atoms with van der Waals surface area (Å²) in [5, 5.41) is 30.4. The third-order valence-electron chi connectivity index (χ3n) is 3.41. The normalized spacial score (nSPS) is 10.3. The second kappa shape index (κ2) is 6.83. The molecule has 0 radical (unpaired) electrons. The number of phenols is 2. The van der Waals surface area contributed by atoms with Crippen LogP contribution in [0.1, 0.15) is 27.9 Å². The number of nitrogens with one attached hydrogen (secondary N) is 1. The number of phenolic OH excluding ortho intramolecular Hbond substituents is 2. The molecule has 4 N–H and O–H groups in total. The average molecular weight is 315 g/mol. The van der Waals surface area contributed by atoms with E-state index in [1.165, 1.54) is 12.1 Å². The van der Waals surface area contributed by atoms with E-state index in [2.05, 4.69) is 5.32 Å². The van der Waals surface area contributed by atoms with Crippen LogP contribution >= 0.6 is 0 Å². The first-order valence-corrected chi connectivity index (χ1v) is 7.01. The SMILES string of the molecule is Cc1cc(CCC(=O)Nc2ccc(O)cc2C(=O)O)ccc1O. The second-order valence-corrected chi connectivity index (χ2v) is 5.20. The minimum Gasteiger partial charge on any atom is -0.508 e. The van der Waals surface area contributed by atoms with E-state index in [-0.39, 0.29) is 35.1 Å². The lowest BCUT2D eigenvalue weighted by Crippen LogP contribution is -2.15. The summed E-state index contributed by atoms with van der Waals surface area (Å²) in [5.74, 6) is -1.54. The highest BCUT2D eigenvalue weighted by molar-refractivity contribution is 6.00. The number of amides is 1. The zero-order valence-electron chi connectivity index (χ0n) is 12.5. The summed E-state index contributed by atoms with van der Waals surface area (Å²) in [7, 11) is 0. The maximum Gasteiger partial charge on any atom is 0.337 e. The van der Waals surface area contributed by atoms with Gasteiger partial charge in [-0.1, -0.05) is 12.1 Å². The molecular weight excluding hydrogens is 298 g/mol. The largest absolute Gasteiger partial charge is 0.508 e. The first kappa shape index (κ1) is 16.4. The van der Waals surface area contributed by atoms with Crippen molar-refractivity contribution in [3.05, 3.63) is 53.1 Å². The standard InChI is InChI=1S/C17H17NO5/c1-10-8-11(2-6-15(10)20)3-7-16(21)18-14-5-4-12(19)9-13(14)17(22)23/h2,4-6,8-9,19-20H,3,7H2,1H3,(H,18,21)(H,22,23). The number of hydrogen-bond acceptors (Lipinski definition) is 4. The molecule has 0 aliphatic heterocycles. The molecule has 0 aliphatic carbocycles. The predicted molar refractivity (Wildman–Crippen MR) is 84.9 cm³/mol. The summed E-state index contributed by atoms with van der Waals surface area (Å²) in [4.78, 5) is 23.1. The van der Waals surface area contributed by atoms with Crippen molar-refractivity contribution >= 4 is 17.6 Å². The fraction of sp³-hybridized carbons (Fsp3) is 0.176. The lowest BCUT2D eigenvalue weighted by atomic mass is 10.1. The quantitative estimate of drug-likeness (QED) is 0.635. The Labute approximate surface area is 133 Å². The molecule has 120 valence electrons. The van der Waals surface area contributed by atoms with Gasteiger partial charge in [0.25, 0.3) is 0 Å². The third-order valence-corrected chi connectivity index (χ3v) is 3.41. The fourth-order valence-electron chi connectivity index (χ4n) is 2.16. The Kier molecular flexibility index (Phi) is 4.85. The van der Waals surface area contributed by atoms with Crippen molar-refractivity contribution in [2.24, 2.45) is 0 Å².